The van der Waals surface area contributed by atoms with Crippen molar-refractivity contribution in [1.29, 1.82) is 0 Å². The van der Waals surface area contributed by atoms with Gasteiger partial charge in [-0.15, -0.1) is 0 Å². The van der Waals surface area contributed by atoms with E-state index in [1.165, 1.54) is 0 Å². The maximum Gasteiger partial charge on any atom is 0.259 e. The van der Waals surface area contributed by atoms with E-state index in [9.17, 15) is 13.6 Å². The maximum atomic E-state index is 12.9. The van der Waals surface area contributed by atoms with E-state index in [4.69, 9.17) is 0 Å². The molecule has 1 saturated carbocycles. The van der Waals surface area contributed by atoms with Crippen LogP contribution in [0.4, 0.5) is 8.78 Å². The van der Waals surface area contributed by atoms with E-state index in [2.05, 4.69) is 5.32 Å². The maximum absolute atomic E-state index is 12.9. The summed E-state index contributed by atoms with van der Waals surface area (Å²) in [5.41, 5.74) is -0.102. The molecule has 1 fully saturated rings. The van der Waals surface area contributed by atoms with Crippen LogP contribution in [-0.2, 0) is 4.79 Å². The van der Waals surface area contributed by atoms with Crippen LogP contribution in [0, 0.1) is 11.3 Å². The van der Waals surface area contributed by atoms with E-state index < -0.39 is 17.7 Å². The van der Waals surface area contributed by atoms with Crippen LogP contribution in [0.5, 0.6) is 0 Å². The highest BCUT2D eigenvalue weighted by molar-refractivity contribution is 5.81. The largest absolute Gasteiger partial charge is 0.353 e. The molecule has 1 rings (SSSR count). The molecule has 0 aromatic carbocycles. The van der Waals surface area contributed by atoms with Gasteiger partial charge in [-0.25, -0.2) is 8.78 Å². The number of carbonyl (C=O) groups excluding carboxylic acids is 1. The zero-order valence-corrected chi connectivity index (χ0v) is 9.73. The van der Waals surface area contributed by atoms with Gasteiger partial charge < -0.3 is 5.32 Å². The van der Waals surface area contributed by atoms with E-state index >= 15 is 0 Å². The highest BCUT2D eigenvalue weighted by atomic mass is 19.3. The number of rotatable bonds is 2. The number of hydrogen-bond acceptors (Lipinski definition) is 1. The second-order valence-corrected chi connectivity index (χ2v) is 5.45. The van der Waals surface area contributed by atoms with Gasteiger partial charge in [0.1, 0.15) is 5.92 Å². The van der Waals surface area contributed by atoms with Gasteiger partial charge in [0.2, 0.25) is 5.91 Å². The molecule has 0 spiro atoms. The van der Waals surface area contributed by atoms with E-state index in [1.807, 2.05) is 27.7 Å². The molecule has 15 heavy (non-hydrogen) atoms. The first-order valence-electron chi connectivity index (χ1n) is 5.33. The quantitative estimate of drug-likeness (QED) is 0.760. The summed E-state index contributed by atoms with van der Waals surface area (Å²) in [6.07, 6.45) is 0.144. The lowest BCUT2D eigenvalue weighted by molar-refractivity contribution is -0.163. The Kier molecular flexibility index (Phi) is 3.08. The molecule has 2 atom stereocenters. The molecule has 0 radical (unpaired) electrons. The van der Waals surface area contributed by atoms with Gasteiger partial charge in [0, 0.05) is 12.5 Å². The third-order valence-electron chi connectivity index (χ3n) is 3.25. The molecular weight excluding hydrogens is 200 g/mol. The molecular formula is C11H19F2NO. The summed E-state index contributed by atoms with van der Waals surface area (Å²) in [5.74, 6) is -4.40. The first-order chi connectivity index (χ1) is 6.64. The molecule has 0 aromatic rings. The van der Waals surface area contributed by atoms with Crippen molar-refractivity contribution in [3.05, 3.63) is 0 Å². The molecule has 0 saturated heterocycles. The number of alkyl halides is 2. The minimum Gasteiger partial charge on any atom is -0.353 e. The first kappa shape index (κ1) is 12.4. The molecule has 0 aliphatic heterocycles. The molecule has 88 valence electrons. The van der Waals surface area contributed by atoms with Crippen LogP contribution in [-0.4, -0.2) is 17.9 Å². The minimum absolute atomic E-state index is 0.0959. The minimum atomic E-state index is -2.79. The predicted molar refractivity (Wildman–Crippen MR) is 54.7 cm³/mol. The summed E-state index contributed by atoms with van der Waals surface area (Å²) >= 11 is 0. The summed E-state index contributed by atoms with van der Waals surface area (Å²) in [5, 5.41) is 2.66. The van der Waals surface area contributed by atoms with Gasteiger partial charge in [-0.3, -0.25) is 4.79 Å². The van der Waals surface area contributed by atoms with Gasteiger partial charge in [0.05, 0.1) is 0 Å². The summed E-state index contributed by atoms with van der Waals surface area (Å²) < 4.78 is 25.9. The van der Waals surface area contributed by atoms with Gasteiger partial charge >= 0.3 is 0 Å². The van der Waals surface area contributed by atoms with Crippen LogP contribution in [0.1, 0.15) is 40.5 Å². The number of nitrogens with one attached hydrogen (secondary N) is 1. The van der Waals surface area contributed by atoms with Crippen molar-refractivity contribution >= 4 is 5.91 Å². The summed E-state index contributed by atoms with van der Waals surface area (Å²) in [6.45, 7) is 7.75. The highest BCUT2D eigenvalue weighted by Crippen LogP contribution is 2.43. The number of amides is 1. The standard InChI is InChI=1S/C11H19F2NO/c1-7(10(2,3)4)14-9(15)8-5-6-11(8,12)13/h7-8H,5-6H2,1-4H3,(H,14,15). The van der Waals surface area contributed by atoms with E-state index in [-0.39, 0.29) is 17.9 Å². The van der Waals surface area contributed by atoms with Crippen LogP contribution in [0.3, 0.4) is 0 Å². The molecule has 2 nitrogen and oxygen atoms in total. The molecule has 1 aliphatic rings. The lowest BCUT2D eigenvalue weighted by atomic mass is 9.79. The van der Waals surface area contributed by atoms with Crippen molar-refractivity contribution in [1.82, 2.24) is 5.32 Å². The zero-order valence-electron chi connectivity index (χ0n) is 9.73. The Morgan fingerprint density at radius 3 is 2.27 bits per heavy atom. The average Bonchev–Trinajstić information content (AvgIpc) is 2.00. The molecule has 0 heterocycles. The monoisotopic (exact) mass is 219 g/mol. The van der Waals surface area contributed by atoms with Gasteiger partial charge in [-0.05, 0) is 18.8 Å². The first-order valence-corrected chi connectivity index (χ1v) is 5.33. The smallest absolute Gasteiger partial charge is 0.259 e. The Hall–Kier alpha value is -0.670. The van der Waals surface area contributed by atoms with Crippen LogP contribution in [0.2, 0.25) is 0 Å². The molecule has 4 heteroatoms. The zero-order chi connectivity index (χ0) is 11.9. The van der Waals surface area contributed by atoms with Crippen molar-refractivity contribution < 1.29 is 13.6 Å². The SMILES string of the molecule is CC(NC(=O)C1CCC1(F)F)C(C)(C)C. The Labute approximate surface area is 89.4 Å². The third kappa shape index (κ3) is 2.67. The molecule has 1 N–H and O–H groups in total. The van der Waals surface area contributed by atoms with Gasteiger partial charge in [-0.2, -0.15) is 0 Å². The Morgan fingerprint density at radius 2 is 2.00 bits per heavy atom. The predicted octanol–water partition coefficient (Wildman–Crippen LogP) is 2.58. The summed E-state index contributed by atoms with van der Waals surface area (Å²) in [4.78, 5) is 11.5. The third-order valence-corrected chi connectivity index (χ3v) is 3.25. The number of carbonyl (C=O) groups is 1. The topological polar surface area (TPSA) is 29.1 Å². The van der Waals surface area contributed by atoms with E-state index in [0.29, 0.717) is 6.42 Å². The molecule has 2 unspecified atom stereocenters. The van der Waals surface area contributed by atoms with Crippen molar-refractivity contribution in [2.75, 3.05) is 0 Å². The Bertz CT molecular complexity index is 258. The summed E-state index contributed by atoms with van der Waals surface area (Å²) in [7, 11) is 0. The Balaban J connectivity index is 2.50. The fourth-order valence-electron chi connectivity index (χ4n) is 1.36. The lowest BCUT2D eigenvalue weighted by Crippen LogP contribution is -2.52. The van der Waals surface area contributed by atoms with Gasteiger partial charge in [-0.1, -0.05) is 20.8 Å². The molecule has 0 bridgehead atoms. The van der Waals surface area contributed by atoms with Gasteiger partial charge in [0.15, 0.2) is 0 Å². The van der Waals surface area contributed by atoms with Crippen molar-refractivity contribution in [2.45, 2.75) is 52.5 Å². The van der Waals surface area contributed by atoms with Crippen LogP contribution in [0.15, 0.2) is 0 Å². The number of hydrogen-bond donors (Lipinski definition) is 1. The number of halogens is 2. The normalized spacial score (nSPS) is 26.7. The van der Waals surface area contributed by atoms with E-state index in [0.717, 1.165) is 0 Å². The molecule has 1 amide bonds. The van der Waals surface area contributed by atoms with Crippen molar-refractivity contribution in [3.63, 3.8) is 0 Å². The second-order valence-electron chi connectivity index (χ2n) is 5.45. The fourth-order valence-corrected chi connectivity index (χ4v) is 1.36. The highest BCUT2D eigenvalue weighted by Gasteiger charge is 2.52. The van der Waals surface area contributed by atoms with Crippen LogP contribution in [0.25, 0.3) is 0 Å². The van der Waals surface area contributed by atoms with Crippen molar-refractivity contribution in [2.24, 2.45) is 11.3 Å². The van der Waals surface area contributed by atoms with Gasteiger partial charge in [0.25, 0.3) is 5.92 Å². The van der Waals surface area contributed by atoms with E-state index in [1.54, 1.807) is 0 Å². The van der Waals surface area contributed by atoms with Crippen LogP contribution >= 0.6 is 0 Å². The summed E-state index contributed by atoms with van der Waals surface area (Å²) in [6, 6.07) is -0.0959. The molecule has 0 aromatic heterocycles. The Morgan fingerprint density at radius 1 is 1.47 bits per heavy atom. The molecule has 1 aliphatic carbocycles. The van der Waals surface area contributed by atoms with Crippen LogP contribution < -0.4 is 5.32 Å². The van der Waals surface area contributed by atoms with Crippen molar-refractivity contribution in [3.8, 4) is 0 Å². The fraction of sp³-hybridized carbons (Fsp3) is 0.909. The second kappa shape index (κ2) is 3.72. The average molecular weight is 219 g/mol. The lowest BCUT2D eigenvalue weighted by Gasteiger charge is -2.37.